The Morgan fingerprint density at radius 1 is 1.00 bits per heavy atom. The molecule has 1 aliphatic rings. The molecule has 0 bridgehead atoms. The molecule has 0 saturated carbocycles. The molecule has 198 valence electrons. The summed E-state index contributed by atoms with van der Waals surface area (Å²) in [4.78, 5) is 27.8. The average Bonchev–Trinajstić information content (AvgIpc) is 2.90. The van der Waals surface area contributed by atoms with Gasteiger partial charge in [-0.05, 0) is 42.0 Å². The van der Waals surface area contributed by atoms with Gasteiger partial charge in [-0.3, -0.25) is 19.2 Å². The van der Waals surface area contributed by atoms with Crippen molar-refractivity contribution in [2.75, 3.05) is 46.1 Å². The molecule has 1 fully saturated rings. The van der Waals surface area contributed by atoms with Crippen LogP contribution in [-0.4, -0.2) is 60.5 Å². The van der Waals surface area contributed by atoms with Crippen molar-refractivity contribution in [3.63, 3.8) is 0 Å². The SMILES string of the molecule is N#C/C=C/c1cc(Cl)cc(Oc2ccc(OCCN3CCOCC3)cc2OCCn2ccc(=O)[nH]c2=O)c1. The van der Waals surface area contributed by atoms with Crippen LogP contribution in [0.4, 0.5) is 0 Å². The summed E-state index contributed by atoms with van der Waals surface area (Å²) in [6.07, 6.45) is 4.39. The first-order valence-electron chi connectivity index (χ1n) is 12.0. The molecule has 38 heavy (non-hydrogen) atoms. The summed E-state index contributed by atoms with van der Waals surface area (Å²) < 4.78 is 24.8. The minimum atomic E-state index is -0.519. The van der Waals surface area contributed by atoms with Gasteiger partial charge in [0, 0.05) is 49.1 Å². The first-order valence-corrected chi connectivity index (χ1v) is 12.4. The van der Waals surface area contributed by atoms with Crippen LogP contribution in [0.3, 0.4) is 0 Å². The fourth-order valence-electron chi connectivity index (χ4n) is 3.77. The molecule has 2 aromatic carbocycles. The highest BCUT2D eigenvalue weighted by Gasteiger charge is 2.13. The highest BCUT2D eigenvalue weighted by atomic mass is 35.5. The molecule has 0 amide bonds. The molecular weight excluding hydrogens is 512 g/mol. The minimum absolute atomic E-state index is 0.130. The highest BCUT2D eigenvalue weighted by Crippen LogP contribution is 2.36. The Kier molecular flexibility index (Phi) is 9.59. The molecule has 1 aromatic heterocycles. The molecule has 10 nitrogen and oxygen atoms in total. The zero-order valence-corrected chi connectivity index (χ0v) is 21.4. The van der Waals surface area contributed by atoms with E-state index in [0.717, 1.165) is 32.8 Å². The highest BCUT2D eigenvalue weighted by molar-refractivity contribution is 6.30. The maximum atomic E-state index is 12.0. The Bertz CT molecular complexity index is 1420. The predicted octanol–water partition coefficient (Wildman–Crippen LogP) is 3.31. The third-order valence-corrected chi connectivity index (χ3v) is 5.87. The van der Waals surface area contributed by atoms with Crippen LogP contribution in [0, 0.1) is 11.3 Å². The van der Waals surface area contributed by atoms with E-state index in [9.17, 15) is 9.59 Å². The molecule has 1 aliphatic heterocycles. The van der Waals surface area contributed by atoms with E-state index in [1.54, 1.807) is 42.5 Å². The third-order valence-electron chi connectivity index (χ3n) is 5.65. The number of H-pyrrole nitrogens is 1. The van der Waals surface area contributed by atoms with E-state index in [1.165, 1.54) is 22.9 Å². The van der Waals surface area contributed by atoms with Gasteiger partial charge in [0.05, 0.1) is 25.8 Å². The summed E-state index contributed by atoms with van der Waals surface area (Å²) in [6, 6.07) is 13.6. The van der Waals surface area contributed by atoms with Crippen LogP contribution in [-0.2, 0) is 11.3 Å². The lowest BCUT2D eigenvalue weighted by molar-refractivity contribution is 0.0322. The van der Waals surface area contributed by atoms with Crippen molar-refractivity contribution in [2.45, 2.75) is 6.54 Å². The second-order valence-corrected chi connectivity index (χ2v) is 8.78. The lowest BCUT2D eigenvalue weighted by atomic mass is 10.2. The number of halogens is 1. The molecule has 1 saturated heterocycles. The standard InChI is InChI=1S/C27H27ClN4O6/c28-21-16-20(2-1-6-29)17-23(18-21)38-24-4-3-22(36-14-10-31-8-12-35-13-9-31)19-25(24)37-15-11-32-7-5-26(33)30-27(32)34/h1-5,7,16-19H,8-15H2,(H,30,33,34)/b2-1+. The number of nitrogens with one attached hydrogen (secondary N) is 1. The number of hydrogen-bond donors (Lipinski definition) is 1. The Morgan fingerprint density at radius 2 is 1.82 bits per heavy atom. The van der Waals surface area contributed by atoms with E-state index in [1.807, 2.05) is 6.07 Å². The lowest BCUT2D eigenvalue weighted by Crippen LogP contribution is -2.38. The van der Waals surface area contributed by atoms with Crippen molar-refractivity contribution < 1.29 is 18.9 Å². The van der Waals surface area contributed by atoms with Gasteiger partial charge >= 0.3 is 5.69 Å². The van der Waals surface area contributed by atoms with Crippen LogP contribution in [0.1, 0.15) is 5.56 Å². The quantitative estimate of drug-likeness (QED) is 0.369. The lowest BCUT2D eigenvalue weighted by Gasteiger charge is -2.26. The van der Waals surface area contributed by atoms with Gasteiger partial charge in [0.2, 0.25) is 0 Å². The number of nitrogens with zero attached hydrogens (tertiary/aromatic N) is 3. The van der Waals surface area contributed by atoms with Crippen molar-refractivity contribution in [1.82, 2.24) is 14.5 Å². The van der Waals surface area contributed by atoms with E-state index >= 15 is 0 Å². The van der Waals surface area contributed by atoms with Crippen LogP contribution < -0.4 is 25.5 Å². The maximum absolute atomic E-state index is 12.0. The summed E-state index contributed by atoms with van der Waals surface area (Å²) in [7, 11) is 0. The number of aromatic nitrogens is 2. The maximum Gasteiger partial charge on any atom is 0.328 e. The van der Waals surface area contributed by atoms with Crippen molar-refractivity contribution in [3.8, 4) is 29.1 Å². The average molecular weight is 539 g/mol. The van der Waals surface area contributed by atoms with E-state index < -0.39 is 11.2 Å². The number of hydrogen-bond acceptors (Lipinski definition) is 8. The van der Waals surface area contributed by atoms with Gasteiger partial charge in [-0.25, -0.2) is 4.79 Å². The molecule has 11 heteroatoms. The molecule has 3 aromatic rings. The zero-order valence-electron chi connectivity index (χ0n) is 20.6. The smallest absolute Gasteiger partial charge is 0.328 e. The van der Waals surface area contributed by atoms with E-state index in [2.05, 4.69) is 9.88 Å². The van der Waals surface area contributed by atoms with E-state index in [0.29, 0.717) is 40.2 Å². The topological polar surface area (TPSA) is 119 Å². The molecule has 2 heterocycles. The number of rotatable bonds is 11. The summed E-state index contributed by atoms with van der Waals surface area (Å²) in [5.74, 6) is 1.88. The van der Waals surface area contributed by atoms with Crippen molar-refractivity contribution in [2.24, 2.45) is 0 Å². The second kappa shape index (κ2) is 13.5. The first-order chi connectivity index (χ1) is 18.5. The van der Waals surface area contributed by atoms with Crippen molar-refractivity contribution >= 4 is 17.7 Å². The largest absolute Gasteiger partial charge is 0.492 e. The Hall–Kier alpha value is -4.04. The van der Waals surface area contributed by atoms with Gasteiger partial charge in [-0.1, -0.05) is 11.6 Å². The molecule has 0 radical (unpaired) electrons. The number of benzene rings is 2. The van der Waals surface area contributed by atoms with Crippen LogP contribution in [0.2, 0.25) is 5.02 Å². The Labute approximate surface area is 224 Å². The van der Waals surface area contributed by atoms with Gasteiger partial charge in [0.25, 0.3) is 5.56 Å². The van der Waals surface area contributed by atoms with Crippen LogP contribution in [0.25, 0.3) is 6.08 Å². The number of aromatic amines is 1. The molecular formula is C27H27ClN4O6. The van der Waals surface area contributed by atoms with Gasteiger partial charge in [0.1, 0.15) is 24.7 Å². The fourth-order valence-corrected chi connectivity index (χ4v) is 4.00. The van der Waals surface area contributed by atoms with Gasteiger partial charge in [-0.15, -0.1) is 0 Å². The minimum Gasteiger partial charge on any atom is -0.492 e. The summed E-state index contributed by atoms with van der Waals surface area (Å²) in [6.45, 7) is 4.80. The summed E-state index contributed by atoms with van der Waals surface area (Å²) >= 11 is 6.24. The second-order valence-electron chi connectivity index (χ2n) is 8.35. The Balaban J connectivity index is 1.49. The third kappa shape index (κ3) is 7.98. The van der Waals surface area contributed by atoms with Gasteiger partial charge < -0.3 is 18.9 Å². The molecule has 1 N–H and O–H groups in total. The zero-order chi connectivity index (χ0) is 26.7. The van der Waals surface area contributed by atoms with E-state index in [-0.39, 0.29) is 13.2 Å². The van der Waals surface area contributed by atoms with Gasteiger partial charge in [-0.2, -0.15) is 5.26 Å². The van der Waals surface area contributed by atoms with Crippen LogP contribution in [0.15, 0.2) is 64.3 Å². The number of allylic oxidation sites excluding steroid dienone is 1. The fraction of sp³-hybridized carbons (Fsp3) is 0.296. The monoisotopic (exact) mass is 538 g/mol. The van der Waals surface area contributed by atoms with Gasteiger partial charge in [0.15, 0.2) is 11.5 Å². The molecule has 0 atom stereocenters. The summed E-state index contributed by atoms with van der Waals surface area (Å²) in [5.41, 5.74) is -0.276. The predicted molar refractivity (Wildman–Crippen MR) is 142 cm³/mol. The molecule has 4 rings (SSSR count). The van der Waals surface area contributed by atoms with E-state index in [4.69, 9.17) is 35.8 Å². The number of nitriles is 1. The van der Waals surface area contributed by atoms with Crippen molar-refractivity contribution in [3.05, 3.63) is 86.2 Å². The first kappa shape index (κ1) is 27.0. The normalized spacial score (nSPS) is 13.8. The van der Waals surface area contributed by atoms with Crippen LogP contribution >= 0.6 is 11.6 Å². The molecule has 0 aliphatic carbocycles. The number of ether oxygens (including phenoxy) is 4. The van der Waals surface area contributed by atoms with Crippen molar-refractivity contribution in [1.29, 1.82) is 5.26 Å². The molecule has 0 unspecified atom stereocenters. The Morgan fingerprint density at radius 3 is 2.61 bits per heavy atom. The molecule has 0 spiro atoms. The number of morpholine rings is 1. The van der Waals surface area contributed by atoms with Crippen LogP contribution in [0.5, 0.6) is 23.0 Å². The summed E-state index contributed by atoms with van der Waals surface area (Å²) in [5, 5.41) is 9.27.